The Labute approximate surface area is 131 Å². The van der Waals surface area contributed by atoms with Crippen molar-refractivity contribution in [3.63, 3.8) is 0 Å². The van der Waals surface area contributed by atoms with Crippen molar-refractivity contribution in [1.29, 1.82) is 0 Å². The van der Waals surface area contributed by atoms with E-state index in [4.69, 9.17) is 0 Å². The van der Waals surface area contributed by atoms with E-state index in [1.165, 1.54) is 12.1 Å². The monoisotopic (exact) mass is 335 g/mol. The van der Waals surface area contributed by atoms with Gasteiger partial charge in [-0.05, 0) is 25.0 Å². The first-order chi connectivity index (χ1) is 10.6. The molecule has 0 aromatic carbocycles. The van der Waals surface area contributed by atoms with Crippen LogP contribution in [0.1, 0.15) is 26.7 Å². The third kappa shape index (κ3) is 5.93. The summed E-state index contributed by atoms with van der Waals surface area (Å²) in [7, 11) is 0. The fraction of sp³-hybridized carbons (Fsp3) is 0.571. The zero-order valence-corrected chi connectivity index (χ0v) is 12.9. The van der Waals surface area contributed by atoms with E-state index in [0.717, 1.165) is 6.20 Å². The third-order valence-corrected chi connectivity index (χ3v) is 3.51. The molecule has 0 saturated heterocycles. The first kappa shape index (κ1) is 19.0. The molecular weight excluding hydrogens is 315 g/mol. The van der Waals surface area contributed by atoms with Crippen molar-refractivity contribution >= 4 is 11.7 Å². The van der Waals surface area contributed by atoms with Crippen LogP contribution in [0.2, 0.25) is 0 Å². The Kier molecular flexibility index (Phi) is 6.20. The highest BCUT2D eigenvalue weighted by atomic mass is 19.4. The Morgan fingerprint density at radius 3 is 2.43 bits per heavy atom. The van der Waals surface area contributed by atoms with Crippen molar-refractivity contribution in [2.75, 3.05) is 11.9 Å². The smallest absolute Gasteiger partial charge is 0.388 e. The van der Waals surface area contributed by atoms with Gasteiger partial charge in [0.1, 0.15) is 12.2 Å². The summed E-state index contributed by atoms with van der Waals surface area (Å²) in [4.78, 5) is 23.6. The molecule has 2 amide bonds. The van der Waals surface area contributed by atoms with Gasteiger partial charge in [0.15, 0.2) is 0 Å². The number of nitrogens with one attached hydrogen (secondary N) is 2. The Balaban J connectivity index is 2.76. The summed E-state index contributed by atoms with van der Waals surface area (Å²) < 4.78 is 37.5. The van der Waals surface area contributed by atoms with Crippen molar-refractivity contribution < 1.29 is 23.1 Å². The van der Waals surface area contributed by atoms with Gasteiger partial charge < -0.3 is 20.3 Å². The van der Waals surface area contributed by atoms with Gasteiger partial charge in [-0.1, -0.05) is 13.8 Å². The number of carbonyl (C=O) groups excluding carboxylic acids is 1. The Morgan fingerprint density at radius 1 is 1.30 bits per heavy atom. The second-order valence-corrected chi connectivity index (χ2v) is 5.21. The summed E-state index contributed by atoms with van der Waals surface area (Å²) in [6.45, 7) is 2.05. The van der Waals surface area contributed by atoms with Crippen LogP contribution in [-0.4, -0.2) is 34.0 Å². The zero-order valence-electron chi connectivity index (χ0n) is 12.9. The standard InChI is InChI=1S/C14H20F3N3O3/c1-3-13(23,4-2)8-18-12(22)19-10-6-5-7-20(11(10)21)9-14(15,16)17/h5-7,23H,3-4,8-9H2,1-2H3,(H2,18,19,22). The van der Waals surface area contributed by atoms with Crippen molar-refractivity contribution in [1.82, 2.24) is 9.88 Å². The third-order valence-electron chi connectivity index (χ3n) is 3.51. The Morgan fingerprint density at radius 2 is 1.91 bits per heavy atom. The molecule has 6 nitrogen and oxygen atoms in total. The van der Waals surface area contributed by atoms with Gasteiger partial charge in [-0.3, -0.25) is 4.79 Å². The number of aromatic nitrogens is 1. The molecule has 0 aliphatic carbocycles. The van der Waals surface area contributed by atoms with Gasteiger partial charge in [-0.2, -0.15) is 13.2 Å². The first-order valence-corrected chi connectivity index (χ1v) is 7.13. The minimum atomic E-state index is -4.54. The number of hydrogen-bond donors (Lipinski definition) is 3. The largest absolute Gasteiger partial charge is 0.406 e. The summed E-state index contributed by atoms with van der Waals surface area (Å²) in [5.74, 6) is 0. The fourth-order valence-electron chi connectivity index (χ4n) is 1.86. The number of halogens is 3. The van der Waals surface area contributed by atoms with Crippen LogP contribution in [0.4, 0.5) is 23.7 Å². The summed E-state index contributed by atoms with van der Waals surface area (Å²) in [5.41, 5.74) is -2.29. The summed E-state index contributed by atoms with van der Waals surface area (Å²) in [6.07, 6.45) is -2.70. The molecule has 0 atom stereocenters. The van der Waals surface area contributed by atoms with E-state index in [-0.39, 0.29) is 12.2 Å². The summed E-state index contributed by atoms with van der Waals surface area (Å²) >= 11 is 0. The predicted octanol–water partition coefficient (Wildman–Crippen LogP) is 2.08. The molecule has 1 aromatic rings. The van der Waals surface area contributed by atoms with Crippen LogP contribution in [0.15, 0.2) is 23.1 Å². The van der Waals surface area contributed by atoms with E-state index in [1.807, 2.05) is 0 Å². The second-order valence-electron chi connectivity index (χ2n) is 5.21. The van der Waals surface area contributed by atoms with Crippen LogP contribution in [0, 0.1) is 0 Å². The Hall–Kier alpha value is -2.03. The predicted molar refractivity (Wildman–Crippen MR) is 79.3 cm³/mol. The van der Waals surface area contributed by atoms with Crippen LogP contribution in [0.5, 0.6) is 0 Å². The number of hydrogen-bond acceptors (Lipinski definition) is 3. The van der Waals surface area contributed by atoms with Gasteiger partial charge in [0, 0.05) is 12.7 Å². The number of rotatable bonds is 6. The molecule has 0 unspecified atom stereocenters. The lowest BCUT2D eigenvalue weighted by Gasteiger charge is -2.25. The number of aliphatic hydroxyl groups is 1. The lowest BCUT2D eigenvalue weighted by Crippen LogP contribution is -2.44. The average molecular weight is 335 g/mol. The number of carbonyl (C=O) groups is 1. The normalized spacial score (nSPS) is 12.1. The Bertz CT molecular complexity index is 595. The summed E-state index contributed by atoms with van der Waals surface area (Å²) in [5, 5.41) is 14.6. The second kappa shape index (κ2) is 7.49. The molecule has 0 aliphatic heterocycles. The van der Waals surface area contributed by atoms with E-state index in [0.29, 0.717) is 17.4 Å². The lowest BCUT2D eigenvalue weighted by atomic mass is 9.98. The highest BCUT2D eigenvalue weighted by Crippen LogP contribution is 2.16. The van der Waals surface area contributed by atoms with Crippen LogP contribution < -0.4 is 16.2 Å². The van der Waals surface area contributed by atoms with E-state index in [1.54, 1.807) is 13.8 Å². The quantitative estimate of drug-likeness (QED) is 0.744. The van der Waals surface area contributed by atoms with Crippen molar-refractivity contribution in [3.05, 3.63) is 28.7 Å². The van der Waals surface area contributed by atoms with Crippen LogP contribution in [0.25, 0.3) is 0 Å². The molecule has 0 bridgehead atoms. The highest BCUT2D eigenvalue weighted by molar-refractivity contribution is 5.88. The van der Waals surface area contributed by atoms with Gasteiger partial charge >= 0.3 is 12.2 Å². The minimum Gasteiger partial charge on any atom is -0.388 e. The SMILES string of the molecule is CCC(O)(CC)CNC(=O)Nc1cccn(CC(F)(F)F)c1=O. The molecule has 1 rings (SSSR count). The molecule has 23 heavy (non-hydrogen) atoms. The van der Waals surface area contributed by atoms with Crippen LogP contribution >= 0.6 is 0 Å². The highest BCUT2D eigenvalue weighted by Gasteiger charge is 2.28. The molecule has 1 heterocycles. The zero-order chi connectivity index (χ0) is 17.7. The van der Waals surface area contributed by atoms with Crippen molar-refractivity contribution in [3.8, 4) is 0 Å². The van der Waals surface area contributed by atoms with Gasteiger partial charge in [0.05, 0.1) is 5.60 Å². The number of amides is 2. The molecule has 0 radical (unpaired) electrons. The molecule has 0 saturated carbocycles. The number of nitrogens with zero attached hydrogens (tertiary/aromatic N) is 1. The van der Waals surface area contributed by atoms with Gasteiger partial charge in [-0.15, -0.1) is 0 Å². The topological polar surface area (TPSA) is 83.4 Å². The van der Waals surface area contributed by atoms with Crippen molar-refractivity contribution in [2.24, 2.45) is 0 Å². The number of anilines is 1. The van der Waals surface area contributed by atoms with Crippen LogP contribution in [-0.2, 0) is 6.54 Å². The lowest BCUT2D eigenvalue weighted by molar-refractivity contribution is -0.141. The van der Waals surface area contributed by atoms with Crippen LogP contribution in [0.3, 0.4) is 0 Å². The summed E-state index contributed by atoms with van der Waals surface area (Å²) in [6, 6.07) is 1.67. The molecule has 3 N–H and O–H groups in total. The average Bonchev–Trinajstić information content (AvgIpc) is 2.47. The maximum atomic E-state index is 12.4. The van der Waals surface area contributed by atoms with Gasteiger partial charge in [-0.25, -0.2) is 4.79 Å². The molecule has 0 aliphatic rings. The van der Waals surface area contributed by atoms with Gasteiger partial charge in [0.2, 0.25) is 0 Å². The molecule has 1 aromatic heterocycles. The van der Waals surface area contributed by atoms with E-state index < -0.39 is 29.9 Å². The van der Waals surface area contributed by atoms with Crippen molar-refractivity contribution in [2.45, 2.75) is 45.0 Å². The first-order valence-electron chi connectivity index (χ1n) is 7.13. The van der Waals surface area contributed by atoms with E-state index in [9.17, 15) is 27.9 Å². The molecule has 0 spiro atoms. The fourth-order valence-corrected chi connectivity index (χ4v) is 1.86. The molecule has 130 valence electrons. The minimum absolute atomic E-state index is 0.0323. The van der Waals surface area contributed by atoms with E-state index in [2.05, 4.69) is 10.6 Å². The number of alkyl halides is 3. The van der Waals surface area contributed by atoms with E-state index >= 15 is 0 Å². The number of urea groups is 1. The molecular formula is C14H20F3N3O3. The maximum absolute atomic E-state index is 12.4. The molecule has 9 heteroatoms. The maximum Gasteiger partial charge on any atom is 0.406 e. The number of pyridine rings is 1. The molecule has 0 fully saturated rings. The van der Waals surface area contributed by atoms with Gasteiger partial charge in [0.25, 0.3) is 5.56 Å².